The summed E-state index contributed by atoms with van der Waals surface area (Å²) in [4.78, 5) is 0. The van der Waals surface area contributed by atoms with Gasteiger partial charge in [-0.15, -0.1) is 0 Å². The number of aliphatic hydroxyl groups is 3. The Morgan fingerprint density at radius 3 is 2.58 bits per heavy atom. The van der Waals surface area contributed by atoms with Crippen LogP contribution in [0.15, 0.2) is 47.1 Å². The molecule has 0 heterocycles. The van der Waals surface area contributed by atoms with Gasteiger partial charge in [-0.05, 0) is 93.3 Å². The molecular formula is C29H46O4. The first-order valence-corrected chi connectivity index (χ1v) is 13.0. The van der Waals surface area contributed by atoms with Crippen LogP contribution in [0.5, 0.6) is 0 Å². The third-order valence-corrected chi connectivity index (χ3v) is 8.81. The zero-order valence-corrected chi connectivity index (χ0v) is 21.5. The van der Waals surface area contributed by atoms with Crippen LogP contribution in [0.3, 0.4) is 0 Å². The number of fused-ring (bicyclic) bond motifs is 1. The van der Waals surface area contributed by atoms with Gasteiger partial charge in [0.25, 0.3) is 0 Å². The van der Waals surface area contributed by atoms with Crippen molar-refractivity contribution in [3.05, 3.63) is 47.1 Å². The maximum absolute atomic E-state index is 10.6. The summed E-state index contributed by atoms with van der Waals surface area (Å²) in [6.07, 6.45) is 13.1. The molecule has 4 nitrogen and oxygen atoms in total. The van der Waals surface area contributed by atoms with E-state index in [4.69, 9.17) is 4.74 Å². The molecule has 186 valence electrons. The zero-order valence-electron chi connectivity index (χ0n) is 21.5. The van der Waals surface area contributed by atoms with Gasteiger partial charge in [0.15, 0.2) is 0 Å². The average molecular weight is 459 g/mol. The lowest BCUT2D eigenvalue weighted by molar-refractivity contribution is -0.0513. The highest BCUT2D eigenvalue weighted by Gasteiger charge is 2.49. The quantitative estimate of drug-likeness (QED) is 0.403. The molecule has 2 saturated carbocycles. The van der Waals surface area contributed by atoms with E-state index in [2.05, 4.69) is 45.6 Å². The molecule has 0 aromatic rings. The second kappa shape index (κ2) is 10.2. The molecule has 2 fully saturated rings. The van der Waals surface area contributed by atoms with Crippen LogP contribution in [0.2, 0.25) is 0 Å². The van der Waals surface area contributed by atoms with E-state index < -0.39 is 17.8 Å². The second-order valence-electron chi connectivity index (χ2n) is 11.3. The molecule has 0 amide bonds. The van der Waals surface area contributed by atoms with Crippen molar-refractivity contribution in [3.63, 3.8) is 0 Å². The van der Waals surface area contributed by atoms with Gasteiger partial charge in [0, 0.05) is 6.42 Å². The van der Waals surface area contributed by atoms with Crippen molar-refractivity contribution in [2.45, 2.75) is 116 Å². The van der Waals surface area contributed by atoms with Crippen molar-refractivity contribution < 1.29 is 20.1 Å². The van der Waals surface area contributed by atoms with E-state index >= 15 is 0 Å². The fourth-order valence-electron chi connectivity index (χ4n) is 6.40. The molecule has 0 aliphatic heterocycles. The van der Waals surface area contributed by atoms with Gasteiger partial charge in [0.2, 0.25) is 0 Å². The Kier molecular flexibility index (Phi) is 8.16. The fourth-order valence-corrected chi connectivity index (χ4v) is 6.40. The highest BCUT2D eigenvalue weighted by molar-refractivity contribution is 5.41. The molecule has 4 heteroatoms. The molecule has 0 aromatic carbocycles. The number of hydrogen-bond acceptors (Lipinski definition) is 4. The lowest BCUT2D eigenvalue weighted by atomic mass is 9.62. The molecule has 0 bridgehead atoms. The third kappa shape index (κ3) is 5.56. The molecule has 3 N–H and O–H groups in total. The maximum atomic E-state index is 10.6. The van der Waals surface area contributed by atoms with E-state index in [1.54, 1.807) is 0 Å². The first-order chi connectivity index (χ1) is 15.5. The van der Waals surface area contributed by atoms with Gasteiger partial charge in [-0.2, -0.15) is 0 Å². The van der Waals surface area contributed by atoms with E-state index in [0.29, 0.717) is 31.8 Å². The summed E-state index contributed by atoms with van der Waals surface area (Å²) >= 11 is 0. The summed E-state index contributed by atoms with van der Waals surface area (Å²) in [7, 11) is 0. The molecule has 4 atom stereocenters. The lowest BCUT2D eigenvalue weighted by Crippen LogP contribution is -2.41. The number of rotatable bonds is 8. The van der Waals surface area contributed by atoms with E-state index in [0.717, 1.165) is 49.7 Å². The first kappa shape index (κ1) is 26.4. The SMILES string of the molecule is C=C1C(=CC=C2CCC[C@]3(C)C(C(C)(C)OCCC(O)(CC)CC)=CC[C@@H]23)C[C@@H](O)C[C@@H]1O. The average Bonchev–Trinajstić information content (AvgIpc) is 3.13. The highest BCUT2D eigenvalue weighted by atomic mass is 16.5. The van der Waals surface area contributed by atoms with Crippen molar-refractivity contribution in [1.82, 2.24) is 0 Å². The van der Waals surface area contributed by atoms with Crippen molar-refractivity contribution >= 4 is 0 Å². The number of allylic oxidation sites excluding steroid dienone is 4. The van der Waals surface area contributed by atoms with Crippen LogP contribution in [0.25, 0.3) is 0 Å². The fraction of sp³-hybridized carbons (Fsp3) is 0.724. The molecule has 3 aliphatic carbocycles. The van der Waals surface area contributed by atoms with Crippen LogP contribution in [0.4, 0.5) is 0 Å². The molecule has 3 aliphatic rings. The minimum atomic E-state index is -0.647. The molecule has 3 rings (SSSR count). The monoisotopic (exact) mass is 458 g/mol. The summed E-state index contributed by atoms with van der Waals surface area (Å²) in [6, 6.07) is 0. The molecule has 0 saturated heterocycles. The van der Waals surface area contributed by atoms with Crippen LogP contribution in [-0.4, -0.2) is 45.3 Å². The highest BCUT2D eigenvalue weighted by Crippen LogP contribution is 2.57. The van der Waals surface area contributed by atoms with Gasteiger partial charge in [-0.1, -0.05) is 51.2 Å². The Labute approximate surface area is 201 Å². The van der Waals surface area contributed by atoms with Crippen molar-refractivity contribution in [2.24, 2.45) is 11.3 Å². The zero-order chi connectivity index (χ0) is 24.4. The van der Waals surface area contributed by atoms with Crippen LogP contribution >= 0.6 is 0 Å². The Hall–Kier alpha value is -1.20. The second-order valence-corrected chi connectivity index (χ2v) is 11.3. The van der Waals surface area contributed by atoms with Crippen molar-refractivity contribution in [1.29, 1.82) is 0 Å². The lowest BCUT2D eigenvalue weighted by Gasteiger charge is -2.45. The molecule has 0 spiro atoms. The maximum Gasteiger partial charge on any atom is 0.0841 e. The molecule has 0 unspecified atom stereocenters. The van der Waals surface area contributed by atoms with E-state index in [1.807, 2.05) is 13.8 Å². The van der Waals surface area contributed by atoms with Gasteiger partial charge in [-0.25, -0.2) is 0 Å². The predicted octanol–water partition coefficient (Wildman–Crippen LogP) is 5.78. The molecular weight excluding hydrogens is 412 g/mol. The summed E-state index contributed by atoms with van der Waals surface area (Å²) in [5, 5.41) is 30.9. The van der Waals surface area contributed by atoms with E-state index in [9.17, 15) is 15.3 Å². The molecule has 33 heavy (non-hydrogen) atoms. The Morgan fingerprint density at radius 2 is 1.91 bits per heavy atom. The Morgan fingerprint density at radius 1 is 1.21 bits per heavy atom. The minimum absolute atomic E-state index is 0.0699. The van der Waals surface area contributed by atoms with E-state index in [1.165, 1.54) is 11.1 Å². The van der Waals surface area contributed by atoms with Gasteiger partial charge in [-0.3, -0.25) is 0 Å². The largest absolute Gasteiger partial charge is 0.393 e. The van der Waals surface area contributed by atoms with E-state index in [-0.39, 0.29) is 11.0 Å². The van der Waals surface area contributed by atoms with Crippen LogP contribution in [-0.2, 0) is 4.74 Å². The standard InChI is InChI=1S/C29H46O4/c1-7-29(32,8-2)16-17-33-27(4,5)26-14-13-24-21(10-9-15-28(24,26)6)11-12-22-18-23(30)19-25(31)20(22)3/h11-12,14,23-25,30-32H,3,7-10,13,15-19H2,1-2,4-6H3/t23-,24+,25+,28+/m1/s1. The van der Waals surface area contributed by atoms with Gasteiger partial charge < -0.3 is 20.1 Å². The summed E-state index contributed by atoms with van der Waals surface area (Å²) < 4.78 is 6.43. The van der Waals surface area contributed by atoms with Gasteiger partial charge >= 0.3 is 0 Å². The predicted molar refractivity (Wildman–Crippen MR) is 135 cm³/mol. The molecule has 0 radical (unpaired) electrons. The molecule has 0 aromatic heterocycles. The van der Waals surface area contributed by atoms with Crippen molar-refractivity contribution in [3.8, 4) is 0 Å². The summed E-state index contributed by atoms with van der Waals surface area (Å²) in [5.41, 5.74) is 3.63. The smallest absolute Gasteiger partial charge is 0.0841 e. The first-order valence-electron chi connectivity index (χ1n) is 13.0. The van der Waals surface area contributed by atoms with Gasteiger partial charge in [0.05, 0.1) is 30.0 Å². The summed E-state index contributed by atoms with van der Waals surface area (Å²) in [5.74, 6) is 0.455. The van der Waals surface area contributed by atoms with Crippen molar-refractivity contribution in [2.75, 3.05) is 6.61 Å². The van der Waals surface area contributed by atoms with Crippen LogP contribution in [0, 0.1) is 11.3 Å². The topological polar surface area (TPSA) is 69.9 Å². The van der Waals surface area contributed by atoms with Crippen LogP contribution in [0.1, 0.15) is 92.4 Å². The third-order valence-electron chi connectivity index (χ3n) is 8.81. The number of aliphatic hydroxyl groups excluding tert-OH is 2. The number of ether oxygens (including phenoxy) is 1. The van der Waals surface area contributed by atoms with Gasteiger partial charge in [0.1, 0.15) is 0 Å². The summed E-state index contributed by atoms with van der Waals surface area (Å²) in [6.45, 7) is 15.4. The normalized spacial score (nSPS) is 33.5. The van der Waals surface area contributed by atoms with Crippen LogP contribution < -0.4 is 0 Å². The minimum Gasteiger partial charge on any atom is -0.393 e. The Bertz CT molecular complexity index is 813. The number of hydrogen-bond donors (Lipinski definition) is 3. The Balaban J connectivity index is 1.74.